The number of benzene rings is 1. The second kappa shape index (κ2) is 5.92. The molecular weight excluding hydrogens is 258 g/mol. The van der Waals surface area contributed by atoms with E-state index in [4.69, 9.17) is 19.7 Å². The quantitative estimate of drug-likeness (QED) is 0.903. The molecule has 0 spiro atoms. The second-order valence-corrected chi connectivity index (χ2v) is 4.79. The van der Waals surface area contributed by atoms with Crippen molar-refractivity contribution in [3.8, 4) is 23.0 Å². The molecular formula is C14H19N3O3. The molecule has 0 aliphatic heterocycles. The van der Waals surface area contributed by atoms with Crippen LogP contribution in [0.15, 0.2) is 22.7 Å². The monoisotopic (exact) mass is 277 g/mol. The third kappa shape index (κ3) is 2.75. The number of ether oxygens (including phenoxy) is 2. The third-order valence-corrected chi connectivity index (χ3v) is 3.10. The number of nitrogens with zero attached hydrogens (tertiary/aromatic N) is 2. The molecule has 0 amide bonds. The van der Waals surface area contributed by atoms with Crippen molar-refractivity contribution in [3.63, 3.8) is 0 Å². The first kappa shape index (κ1) is 14.3. The van der Waals surface area contributed by atoms with E-state index in [1.165, 1.54) is 0 Å². The fourth-order valence-corrected chi connectivity index (χ4v) is 1.76. The van der Waals surface area contributed by atoms with Crippen LogP contribution < -0.4 is 15.2 Å². The fourth-order valence-electron chi connectivity index (χ4n) is 1.76. The third-order valence-electron chi connectivity index (χ3n) is 3.10. The van der Waals surface area contributed by atoms with E-state index in [9.17, 15) is 0 Å². The molecule has 6 nitrogen and oxygen atoms in total. The van der Waals surface area contributed by atoms with Crippen LogP contribution >= 0.6 is 0 Å². The van der Waals surface area contributed by atoms with Crippen molar-refractivity contribution < 1.29 is 14.0 Å². The smallest absolute Gasteiger partial charge is 0.261 e. The predicted molar refractivity (Wildman–Crippen MR) is 74.6 cm³/mol. The van der Waals surface area contributed by atoms with Crippen molar-refractivity contribution in [1.82, 2.24) is 10.1 Å². The number of nitrogens with two attached hydrogens (primary N) is 1. The Kier molecular flexibility index (Phi) is 4.24. The van der Waals surface area contributed by atoms with Crippen molar-refractivity contribution in [1.29, 1.82) is 0 Å². The minimum Gasteiger partial charge on any atom is -0.497 e. The molecule has 0 bridgehead atoms. The fraction of sp³-hybridized carbons (Fsp3) is 0.429. The summed E-state index contributed by atoms with van der Waals surface area (Å²) in [5.41, 5.74) is 6.70. The molecule has 0 radical (unpaired) electrons. The summed E-state index contributed by atoms with van der Waals surface area (Å²) < 4.78 is 15.8. The first-order valence-corrected chi connectivity index (χ1v) is 6.38. The molecule has 0 fully saturated rings. The van der Waals surface area contributed by atoms with Gasteiger partial charge in [0.1, 0.15) is 11.5 Å². The van der Waals surface area contributed by atoms with Gasteiger partial charge in [-0.3, -0.25) is 0 Å². The first-order valence-electron chi connectivity index (χ1n) is 6.38. The van der Waals surface area contributed by atoms with Crippen LogP contribution in [0.25, 0.3) is 11.5 Å². The minimum absolute atomic E-state index is 0.229. The van der Waals surface area contributed by atoms with Crippen molar-refractivity contribution >= 4 is 0 Å². The maximum atomic E-state index is 6.01. The highest BCUT2D eigenvalue weighted by Crippen LogP contribution is 2.33. The van der Waals surface area contributed by atoms with Gasteiger partial charge in [-0.2, -0.15) is 4.98 Å². The summed E-state index contributed by atoms with van der Waals surface area (Å²) in [6.45, 7) is 4.01. The standard InChI is InChI=1S/C14H19N3O3/c1-8(2)12(15)13-16-14(20-17-13)10-7-9(18-3)5-6-11(10)19-4/h5-8,12H,15H2,1-4H3. The lowest BCUT2D eigenvalue weighted by Gasteiger charge is -2.09. The van der Waals surface area contributed by atoms with E-state index in [1.807, 2.05) is 13.8 Å². The summed E-state index contributed by atoms with van der Waals surface area (Å²) in [7, 11) is 3.18. The molecule has 1 aromatic heterocycles. The summed E-state index contributed by atoms with van der Waals surface area (Å²) >= 11 is 0. The zero-order valence-corrected chi connectivity index (χ0v) is 12.1. The average Bonchev–Trinajstić information content (AvgIpc) is 2.95. The van der Waals surface area contributed by atoms with Gasteiger partial charge in [0.05, 0.1) is 25.8 Å². The Balaban J connectivity index is 2.41. The molecule has 1 heterocycles. The molecule has 1 unspecified atom stereocenters. The van der Waals surface area contributed by atoms with Crippen LogP contribution in [0.3, 0.4) is 0 Å². The van der Waals surface area contributed by atoms with Crippen LogP contribution in [0, 0.1) is 5.92 Å². The second-order valence-electron chi connectivity index (χ2n) is 4.79. The maximum absolute atomic E-state index is 6.01. The van der Waals surface area contributed by atoms with Crippen LogP contribution in [0.4, 0.5) is 0 Å². The Labute approximate surface area is 117 Å². The number of hydrogen-bond acceptors (Lipinski definition) is 6. The van der Waals surface area contributed by atoms with Gasteiger partial charge in [0.2, 0.25) is 0 Å². The predicted octanol–water partition coefficient (Wildman–Crippen LogP) is 2.41. The highest BCUT2D eigenvalue weighted by Gasteiger charge is 2.20. The summed E-state index contributed by atoms with van der Waals surface area (Å²) in [6, 6.07) is 5.13. The molecule has 20 heavy (non-hydrogen) atoms. The topological polar surface area (TPSA) is 83.4 Å². The molecule has 2 N–H and O–H groups in total. The maximum Gasteiger partial charge on any atom is 0.261 e. The van der Waals surface area contributed by atoms with Gasteiger partial charge >= 0.3 is 0 Å². The van der Waals surface area contributed by atoms with Gasteiger partial charge in [0, 0.05) is 0 Å². The normalized spacial score (nSPS) is 12.5. The van der Waals surface area contributed by atoms with Crippen LogP contribution in [0.1, 0.15) is 25.7 Å². The van der Waals surface area contributed by atoms with Crippen molar-refractivity contribution in [2.24, 2.45) is 11.7 Å². The molecule has 0 aliphatic carbocycles. The Morgan fingerprint density at radius 1 is 1.20 bits per heavy atom. The van der Waals surface area contributed by atoms with Crippen molar-refractivity contribution in [3.05, 3.63) is 24.0 Å². The number of aromatic nitrogens is 2. The van der Waals surface area contributed by atoms with Crippen LogP contribution in [-0.2, 0) is 0 Å². The molecule has 2 aromatic rings. The van der Waals surface area contributed by atoms with Crippen LogP contribution in [0.2, 0.25) is 0 Å². The molecule has 1 atom stereocenters. The average molecular weight is 277 g/mol. The molecule has 0 saturated heterocycles. The largest absolute Gasteiger partial charge is 0.497 e. The van der Waals surface area contributed by atoms with Gasteiger partial charge in [-0.25, -0.2) is 0 Å². The highest BCUT2D eigenvalue weighted by molar-refractivity contribution is 5.65. The van der Waals surface area contributed by atoms with Crippen LogP contribution in [0.5, 0.6) is 11.5 Å². The number of methoxy groups -OCH3 is 2. The summed E-state index contributed by atoms with van der Waals surface area (Å²) in [5.74, 6) is 2.41. The Hall–Kier alpha value is -2.08. The molecule has 0 aliphatic rings. The van der Waals surface area contributed by atoms with Gasteiger partial charge in [0.15, 0.2) is 5.82 Å². The van der Waals surface area contributed by atoms with E-state index in [-0.39, 0.29) is 12.0 Å². The minimum atomic E-state index is -0.260. The lowest BCUT2D eigenvalue weighted by atomic mass is 10.1. The molecule has 1 aromatic carbocycles. The Bertz CT molecular complexity index is 581. The lowest BCUT2D eigenvalue weighted by molar-refractivity contribution is 0.389. The van der Waals surface area contributed by atoms with E-state index in [0.717, 1.165) is 0 Å². The molecule has 2 rings (SSSR count). The van der Waals surface area contributed by atoms with Gasteiger partial charge < -0.3 is 19.7 Å². The van der Waals surface area contributed by atoms with E-state index in [2.05, 4.69) is 10.1 Å². The van der Waals surface area contributed by atoms with Gasteiger partial charge in [-0.15, -0.1) is 0 Å². The number of rotatable bonds is 5. The molecule has 0 saturated carbocycles. The zero-order valence-electron chi connectivity index (χ0n) is 12.1. The van der Waals surface area contributed by atoms with E-state index in [0.29, 0.717) is 28.8 Å². The lowest BCUT2D eigenvalue weighted by Crippen LogP contribution is -2.18. The molecule has 108 valence electrons. The van der Waals surface area contributed by atoms with E-state index in [1.54, 1.807) is 32.4 Å². The summed E-state index contributed by atoms with van der Waals surface area (Å²) in [4.78, 5) is 4.35. The van der Waals surface area contributed by atoms with Crippen LogP contribution in [-0.4, -0.2) is 24.4 Å². The highest BCUT2D eigenvalue weighted by atomic mass is 16.5. The molecule has 6 heteroatoms. The Morgan fingerprint density at radius 2 is 1.95 bits per heavy atom. The SMILES string of the molecule is COc1ccc(OC)c(-c2nc(C(N)C(C)C)no2)c1. The zero-order chi connectivity index (χ0) is 14.7. The van der Waals surface area contributed by atoms with Gasteiger partial charge in [0.25, 0.3) is 5.89 Å². The van der Waals surface area contributed by atoms with E-state index >= 15 is 0 Å². The first-order chi connectivity index (χ1) is 9.56. The summed E-state index contributed by atoms with van der Waals surface area (Å²) in [5, 5.41) is 3.94. The van der Waals surface area contributed by atoms with Crippen molar-refractivity contribution in [2.75, 3.05) is 14.2 Å². The van der Waals surface area contributed by atoms with E-state index < -0.39 is 0 Å². The van der Waals surface area contributed by atoms with Crippen molar-refractivity contribution in [2.45, 2.75) is 19.9 Å². The Morgan fingerprint density at radius 3 is 2.55 bits per heavy atom. The van der Waals surface area contributed by atoms with Gasteiger partial charge in [-0.05, 0) is 24.1 Å². The van der Waals surface area contributed by atoms with Gasteiger partial charge in [-0.1, -0.05) is 19.0 Å². The summed E-state index contributed by atoms with van der Waals surface area (Å²) in [6.07, 6.45) is 0. The number of hydrogen-bond donors (Lipinski definition) is 1.